The molecule has 2 aromatic rings. The lowest BCUT2D eigenvalue weighted by molar-refractivity contribution is 0.0972. The maximum absolute atomic E-state index is 13.0. The Morgan fingerprint density at radius 3 is 2.94 bits per heavy atom. The van der Waals surface area contributed by atoms with Gasteiger partial charge in [0.05, 0.1) is 12.9 Å². The van der Waals surface area contributed by atoms with Gasteiger partial charge in [-0.2, -0.15) is 0 Å². The third kappa shape index (κ3) is 2.16. The van der Waals surface area contributed by atoms with Crippen molar-refractivity contribution in [2.24, 2.45) is 0 Å². The molecule has 0 amide bonds. The third-order valence-electron chi connectivity index (χ3n) is 2.37. The van der Waals surface area contributed by atoms with Gasteiger partial charge in [-0.1, -0.05) is 0 Å². The first kappa shape index (κ1) is 10.5. The molecule has 1 aromatic carbocycles. The maximum Gasteiger partial charge on any atom is 0.182 e. The fraction of sp³-hybridized carbons (Fsp3) is 0.167. The summed E-state index contributed by atoms with van der Waals surface area (Å²) in [5.74, 6) is -0.347. The standard InChI is InChI=1S/C12H11FN2O/c1-9-6-10(2-3-11(9)13)12(16)7-15-5-4-14-8-15/h2-6,8H,7H2,1H3. The van der Waals surface area contributed by atoms with Crippen molar-refractivity contribution in [2.45, 2.75) is 13.5 Å². The first-order valence-corrected chi connectivity index (χ1v) is 4.92. The molecule has 0 aliphatic carbocycles. The van der Waals surface area contributed by atoms with Crippen LogP contribution in [-0.2, 0) is 6.54 Å². The van der Waals surface area contributed by atoms with Crippen molar-refractivity contribution in [3.05, 3.63) is 53.9 Å². The molecule has 0 spiro atoms. The number of ketones is 1. The van der Waals surface area contributed by atoms with E-state index in [0.717, 1.165) is 0 Å². The second-order valence-electron chi connectivity index (χ2n) is 3.62. The highest BCUT2D eigenvalue weighted by Crippen LogP contribution is 2.10. The summed E-state index contributed by atoms with van der Waals surface area (Å²) >= 11 is 0. The van der Waals surface area contributed by atoms with Crippen molar-refractivity contribution in [3.63, 3.8) is 0 Å². The van der Waals surface area contributed by atoms with Crippen molar-refractivity contribution in [1.82, 2.24) is 9.55 Å². The first-order valence-electron chi connectivity index (χ1n) is 4.92. The Bertz CT molecular complexity index is 506. The zero-order valence-corrected chi connectivity index (χ0v) is 8.85. The highest BCUT2D eigenvalue weighted by atomic mass is 19.1. The molecule has 4 heteroatoms. The molecule has 0 radical (unpaired) electrons. The van der Waals surface area contributed by atoms with E-state index in [1.807, 2.05) is 0 Å². The number of benzene rings is 1. The Morgan fingerprint density at radius 2 is 2.31 bits per heavy atom. The number of carbonyl (C=O) groups is 1. The number of hydrogen-bond acceptors (Lipinski definition) is 2. The van der Waals surface area contributed by atoms with E-state index >= 15 is 0 Å². The van der Waals surface area contributed by atoms with E-state index in [-0.39, 0.29) is 18.1 Å². The predicted molar refractivity (Wildman–Crippen MR) is 57.7 cm³/mol. The maximum atomic E-state index is 13.0. The quantitative estimate of drug-likeness (QED) is 0.740. The Labute approximate surface area is 92.5 Å². The van der Waals surface area contributed by atoms with Gasteiger partial charge in [-0.25, -0.2) is 9.37 Å². The summed E-state index contributed by atoms with van der Waals surface area (Å²) in [6, 6.07) is 4.38. The molecule has 2 rings (SSSR count). The van der Waals surface area contributed by atoms with Crippen molar-refractivity contribution in [3.8, 4) is 0 Å². The van der Waals surface area contributed by atoms with Crippen molar-refractivity contribution in [2.75, 3.05) is 0 Å². The molecule has 0 unspecified atom stereocenters. The van der Waals surface area contributed by atoms with Crippen LogP contribution in [0.25, 0.3) is 0 Å². The zero-order valence-electron chi connectivity index (χ0n) is 8.85. The molecule has 1 heterocycles. The third-order valence-corrected chi connectivity index (χ3v) is 2.37. The van der Waals surface area contributed by atoms with E-state index in [2.05, 4.69) is 4.98 Å². The van der Waals surface area contributed by atoms with Crippen LogP contribution in [0.5, 0.6) is 0 Å². The van der Waals surface area contributed by atoms with Gasteiger partial charge < -0.3 is 4.57 Å². The van der Waals surface area contributed by atoms with Gasteiger partial charge >= 0.3 is 0 Å². The summed E-state index contributed by atoms with van der Waals surface area (Å²) in [5, 5.41) is 0. The van der Waals surface area contributed by atoms with Crippen LogP contribution in [0.4, 0.5) is 4.39 Å². The monoisotopic (exact) mass is 218 g/mol. The minimum Gasteiger partial charge on any atom is -0.330 e. The van der Waals surface area contributed by atoms with Gasteiger partial charge in [-0.05, 0) is 30.7 Å². The van der Waals surface area contributed by atoms with Crippen LogP contribution < -0.4 is 0 Å². The van der Waals surface area contributed by atoms with Crippen LogP contribution in [0.2, 0.25) is 0 Å². The molecule has 16 heavy (non-hydrogen) atoms. The van der Waals surface area contributed by atoms with Crippen LogP contribution in [0.3, 0.4) is 0 Å². The van der Waals surface area contributed by atoms with Gasteiger partial charge in [0.1, 0.15) is 5.82 Å². The number of halogens is 1. The lowest BCUT2D eigenvalue weighted by Gasteiger charge is -2.03. The average Bonchev–Trinajstić information content (AvgIpc) is 2.74. The molecule has 0 bridgehead atoms. The van der Waals surface area contributed by atoms with Gasteiger partial charge in [0, 0.05) is 18.0 Å². The molecule has 0 atom stereocenters. The van der Waals surface area contributed by atoms with Gasteiger partial charge in [0.15, 0.2) is 5.78 Å². The van der Waals surface area contributed by atoms with Crippen molar-refractivity contribution < 1.29 is 9.18 Å². The number of aromatic nitrogens is 2. The molecular weight excluding hydrogens is 207 g/mol. The smallest absolute Gasteiger partial charge is 0.182 e. The number of Topliss-reactive ketones (excluding diaryl/α,β-unsaturated/α-hetero) is 1. The molecule has 1 aromatic heterocycles. The highest BCUT2D eigenvalue weighted by Gasteiger charge is 2.08. The second-order valence-corrected chi connectivity index (χ2v) is 3.62. The summed E-state index contributed by atoms with van der Waals surface area (Å²) in [4.78, 5) is 15.7. The average molecular weight is 218 g/mol. The summed E-state index contributed by atoms with van der Waals surface area (Å²) in [5.41, 5.74) is 1.00. The van der Waals surface area contributed by atoms with Crippen molar-refractivity contribution in [1.29, 1.82) is 0 Å². The first-order chi connectivity index (χ1) is 7.66. The number of rotatable bonds is 3. The Balaban J connectivity index is 2.18. The summed E-state index contributed by atoms with van der Waals surface area (Å²) < 4.78 is 14.7. The van der Waals surface area contributed by atoms with Crippen molar-refractivity contribution >= 4 is 5.78 Å². The number of hydrogen-bond donors (Lipinski definition) is 0. The number of imidazole rings is 1. The van der Waals surface area contributed by atoms with Crippen LogP contribution in [0.15, 0.2) is 36.9 Å². The predicted octanol–water partition coefficient (Wildman–Crippen LogP) is 2.21. The van der Waals surface area contributed by atoms with E-state index in [1.54, 1.807) is 36.3 Å². The molecule has 0 N–H and O–H groups in total. The van der Waals surface area contributed by atoms with E-state index in [1.165, 1.54) is 12.1 Å². The minimum atomic E-state index is -0.292. The normalized spacial score (nSPS) is 10.4. The fourth-order valence-electron chi connectivity index (χ4n) is 1.46. The fourth-order valence-corrected chi connectivity index (χ4v) is 1.46. The molecule has 0 fully saturated rings. The number of carbonyl (C=O) groups excluding carboxylic acids is 1. The lowest BCUT2D eigenvalue weighted by atomic mass is 10.1. The van der Waals surface area contributed by atoms with Crippen LogP contribution in [-0.4, -0.2) is 15.3 Å². The summed E-state index contributed by atoms with van der Waals surface area (Å²) in [6.45, 7) is 1.87. The molecule has 3 nitrogen and oxygen atoms in total. The Morgan fingerprint density at radius 1 is 1.50 bits per heavy atom. The highest BCUT2D eigenvalue weighted by molar-refractivity contribution is 5.96. The van der Waals surface area contributed by atoms with Gasteiger partial charge in [0.25, 0.3) is 0 Å². The van der Waals surface area contributed by atoms with Crippen LogP contribution in [0, 0.1) is 12.7 Å². The Hall–Kier alpha value is -1.97. The minimum absolute atomic E-state index is 0.0545. The van der Waals surface area contributed by atoms with E-state index in [4.69, 9.17) is 0 Å². The number of aryl methyl sites for hydroxylation is 1. The molecule has 0 saturated carbocycles. The van der Waals surface area contributed by atoms with Gasteiger partial charge in [-0.15, -0.1) is 0 Å². The SMILES string of the molecule is Cc1cc(C(=O)Cn2ccnc2)ccc1F. The largest absolute Gasteiger partial charge is 0.330 e. The molecular formula is C12H11FN2O. The van der Waals surface area contributed by atoms with E-state index in [9.17, 15) is 9.18 Å². The van der Waals surface area contributed by atoms with E-state index < -0.39 is 0 Å². The van der Waals surface area contributed by atoms with Crippen LogP contribution in [0.1, 0.15) is 15.9 Å². The van der Waals surface area contributed by atoms with Crippen LogP contribution >= 0.6 is 0 Å². The Kier molecular flexibility index (Phi) is 2.81. The summed E-state index contributed by atoms with van der Waals surface area (Å²) in [6.07, 6.45) is 4.91. The molecule has 82 valence electrons. The molecule has 0 aliphatic heterocycles. The van der Waals surface area contributed by atoms with Gasteiger partial charge in [0.2, 0.25) is 0 Å². The zero-order chi connectivity index (χ0) is 11.5. The van der Waals surface area contributed by atoms with E-state index in [0.29, 0.717) is 11.1 Å². The van der Waals surface area contributed by atoms with Gasteiger partial charge in [-0.3, -0.25) is 4.79 Å². The summed E-state index contributed by atoms with van der Waals surface area (Å²) in [7, 11) is 0. The molecule has 0 aliphatic rings. The number of nitrogens with zero attached hydrogens (tertiary/aromatic N) is 2. The lowest BCUT2D eigenvalue weighted by Crippen LogP contribution is -2.09. The second kappa shape index (κ2) is 4.26. The topological polar surface area (TPSA) is 34.9 Å². The molecule has 0 saturated heterocycles.